The van der Waals surface area contributed by atoms with Crippen LogP contribution in [0.3, 0.4) is 0 Å². The third-order valence-corrected chi connectivity index (χ3v) is 8.52. The molecule has 1 aromatic heterocycles. The standard InChI is InChI=1S/C32H28N2O5S/c1-4-34-28-15-11-22(31(35)24-8-6-5-7-21(24)3)19-26(28)30-29(34)16-14-25-27(17-18-38-32(25)30)33-39-40(36,37)23-12-9-20(2)10-13-23/h5-16,19H,4,17-18H2,1-3H3/b33-27+. The molecule has 0 spiro atoms. The van der Waals surface area contributed by atoms with Crippen LogP contribution in [-0.2, 0) is 20.9 Å². The Balaban J connectivity index is 1.47. The Hall–Kier alpha value is -4.43. The largest absolute Gasteiger partial charge is 0.492 e. The summed E-state index contributed by atoms with van der Waals surface area (Å²) in [6.07, 6.45) is 0.394. The number of aryl methyl sites for hydroxylation is 3. The zero-order chi connectivity index (χ0) is 28.0. The van der Waals surface area contributed by atoms with Crippen LogP contribution < -0.4 is 4.74 Å². The number of nitrogens with zero attached hydrogens (tertiary/aromatic N) is 2. The first-order chi connectivity index (χ1) is 19.3. The molecule has 0 fully saturated rings. The van der Waals surface area contributed by atoms with Gasteiger partial charge in [0.05, 0.1) is 23.2 Å². The van der Waals surface area contributed by atoms with Crippen molar-refractivity contribution in [2.45, 2.75) is 38.6 Å². The summed E-state index contributed by atoms with van der Waals surface area (Å²) in [6, 6.07) is 23.6. The molecule has 5 aromatic rings. The van der Waals surface area contributed by atoms with Gasteiger partial charge in [-0.2, -0.15) is 8.42 Å². The van der Waals surface area contributed by atoms with Crippen LogP contribution in [0.4, 0.5) is 0 Å². The summed E-state index contributed by atoms with van der Waals surface area (Å²) < 4.78 is 39.1. The Morgan fingerprint density at radius 2 is 1.73 bits per heavy atom. The molecule has 2 heterocycles. The molecule has 0 atom stereocenters. The first-order valence-corrected chi connectivity index (χ1v) is 14.6. The zero-order valence-corrected chi connectivity index (χ0v) is 23.3. The number of ether oxygens (including phenoxy) is 1. The monoisotopic (exact) mass is 552 g/mol. The Morgan fingerprint density at radius 3 is 2.48 bits per heavy atom. The SMILES string of the molecule is CCn1c2ccc(C(=O)c3ccccc3C)cc2c2c3c(ccc21)/C(=N/OS(=O)(=O)c1ccc(C)cc1)CCO3. The number of carbonyl (C=O) groups is 1. The van der Waals surface area contributed by atoms with E-state index in [1.807, 2.05) is 68.4 Å². The Labute approximate surface area is 232 Å². The quantitative estimate of drug-likeness (QED) is 0.176. The number of carbonyl (C=O) groups excluding carboxylic acids is 1. The Kier molecular flexibility index (Phi) is 6.43. The lowest BCUT2D eigenvalue weighted by atomic mass is 9.96. The van der Waals surface area contributed by atoms with Gasteiger partial charge in [0, 0.05) is 40.6 Å². The van der Waals surface area contributed by atoms with E-state index in [1.54, 1.807) is 12.1 Å². The number of benzene rings is 4. The van der Waals surface area contributed by atoms with Crippen LogP contribution in [0.25, 0.3) is 21.8 Å². The van der Waals surface area contributed by atoms with Gasteiger partial charge in [-0.3, -0.25) is 9.08 Å². The van der Waals surface area contributed by atoms with Gasteiger partial charge >= 0.3 is 10.1 Å². The fraction of sp³-hybridized carbons (Fsp3) is 0.188. The molecule has 0 bridgehead atoms. The molecular weight excluding hydrogens is 524 g/mol. The second-order valence-electron chi connectivity index (χ2n) is 9.93. The van der Waals surface area contributed by atoms with Crippen LogP contribution in [0.2, 0.25) is 0 Å². The van der Waals surface area contributed by atoms with Crippen molar-refractivity contribution in [2.24, 2.45) is 5.16 Å². The first kappa shape index (κ1) is 25.8. The van der Waals surface area contributed by atoms with Gasteiger partial charge in [-0.1, -0.05) is 47.1 Å². The molecule has 0 N–H and O–H groups in total. The first-order valence-electron chi connectivity index (χ1n) is 13.2. The van der Waals surface area contributed by atoms with Gasteiger partial charge in [-0.15, -0.1) is 0 Å². The number of aromatic nitrogens is 1. The minimum Gasteiger partial charge on any atom is -0.492 e. The number of oxime groups is 1. The fourth-order valence-electron chi connectivity index (χ4n) is 5.32. The average molecular weight is 553 g/mol. The molecular formula is C32H28N2O5S. The molecule has 0 radical (unpaired) electrons. The van der Waals surface area contributed by atoms with E-state index in [4.69, 9.17) is 9.02 Å². The smallest absolute Gasteiger partial charge is 0.358 e. The molecule has 6 rings (SSSR count). The molecule has 40 heavy (non-hydrogen) atoms. The topological polar surface area (TPSA) is 87.0 Å². The van der Waals surface area contributed by atoms with Gasteiger partial charge in [0.1, 0.15) is 10.6 Å². The van der Waals surface area contributed by atoms with Crippen molar-refractivity contribution in [3.8, 4) is 5.75 Å². The maximum Gasteiger partial charge on any atom is 0.358 e. The summed E-state index contributed by atoms with van der Waals surface area (Å²) in [5.41, 5.74) is 6.23. The van der Waals surface area contributed by atoms with Crippen LogP contribution in [0, 0.1) is 13.8 Å². The Bertz CT molecular complexity index is 1940. The van der Waals surface area contributed by atoms with Crippen molar-refractivity contribution in [3.63, 3.8) is 0 Å². The maximum atomic E-state index is 13.4. The van der Waals surface area contributed by atoms with Gasteiger partial charge in [-0.25, -0.2) is 0 Å². The lowest BCUT2D eigenvalue weighted by Gasteiger charge is -2.20. The summed E-state index contributed by atoms with van der Waals surface area (Å²) in [5, 5.41) is 5.85. The molecule has 0 unspecified atom stereocenters. The van der Waals surface area contributed by atoms with E-state index in [0.29, 0.717) is 41.2 Å². The van der Waals surface area contributed by atoms with E-state index in [0.717, 1.165) is 39.5 Å². The molecule has 1 aliphatic rings. The van der Waals surface area contributed by atoms with Crippen LogP contribution in [0.15, 0.2) is 88.9 Å². The molecule has 7 nitrogen and oxygen atoms in total. The molecule has 202 valence electrons. The van der Waals surface area contributed by atoms with E-state index >= 15 is 0 Å². The highest BCUT2D eigenvalue weighted by atomic mass is 32.2. The molecule has 0 aliphatic carbocycles. The number of rotatable bonds is 6. The summed E-state index contributed by atoms with van der Waals surface area (Å²) in [4.78, 5) is 13.5. The normalized spacial score (nSPS) is 14.3. The van der Waals surface area contributed by atoms with E-state index in [9.17, 15) is 13.2 Å². The van der Waals surface area contributed by atoms with Crippen molar-refractivity contribution in [1.29, 1.82) is 0 Å². The second-order valence-corrected chi connectivity index (χ2v) is 11.5. The predicted molar refractivity (Wildman–Crippen MR) is 156 cm³/mol. The predicted octanol–water partition coefficient (Wildman–Crippen LogP) is 6.55. The zero-order valence-electron chi connectivity index (χ0n) is 22.5. The second kappa shape index (κ2) is 9.95. The lowest BCUT2D eigenvalue weighted by molar-refractivity contribution is 0.103. The van der Waals surface area contributed by atoms with Crippen LogP contribution in [0.5, 0.6) is 5.75 Å². The highest BCUT2D eigenvalue weighted by Gasteiger charge is 2.26. The van der Waals surface area contributed by atoms with Crippen LogP contribution >= 0.6 is 0 Å². The number of ketones is 1. The summed E-state index contributed by atoms with van der Waals surface area (Å²) in [6.45, 7) is 6.93. The highest BCUT2D eigenvalue weighted by molar-refractivity contribution is 7.86. The third kappa shape index (κ3) is 4.34. The number of fused-ring (bicyclic) bond motifs is 5. The van der Waals surface area contributed by atoms with E-state index in [2.05, 4.69) is 16.6 Å². The lowest BCUT2D eigenvalue weighted by Crippen LogP contribution is -2.17. The minimum atomic E-state index is -4.07. The number of hydrogen-bond acceptors (Lipinski definition) is 6. The van der Waals surface area contributed by atoms with Gasteiger partial charge < -0.3 is 9.30 Å². The molecule has 1 aliphatic heterocycles. The van der Waals surface area contributed by atoms with Gasteiger partial charge in [-0.05, 0) is 68.8 Å². The average Bonchev–Trinajstić information content (AvgIpc) is 3.29. The van der Waals surface area contributed by atoms with Gasteiger partial charge in [0.15, 0.2) is 5.78 Å². The van der Waals surface area contributed by atoms with Crippen LogP contribution in [-0.4, -0.2) is 31.1 Å². The maximum absolute atomic E-state index is 13.4. The van der Waals surface area contributed by atoms with Crippen molar-refractivity contribution in [1.82, 2.24) is 4.57 Å². The van der Waals surface area contributed by atoms with Crippen LogP contribution in [0.1, 0.15) is 46.0 Å². The van der Waals surface area contributed by atoms with Crippen molar-refractivity contribution < 1.29 is 22.2 Å². The van der Waals surface area contributed by atoms with E-state index in [1.165, 1.54) is 12.1 Å². The Morgan fingerprint density at radius 1 is 0.975 bits per heavy atom. The summed E-state index contributed by atoms with van der Waals surface area (Å²) in [7, 11) is -4.07. The third-order valence-electron chi connectivity index (χ3n) is 7.40. The molecule has 0 saturated carbocycles. The highest BCUT2D eigenvalue weighted by Crippen LogP contribution is 2.41. The molecule has 0 amide bonds. The van der Waals surface area contributed by atoms with Crippen molar-refractivity contribution in [3.05, 3.63) is 107 Å². The summed E-state index contributed by atoms with van der Waals surface area (Å²) in [5.74, 6) is 0.566. The molecule has 8 heteroatoms. The number of hydrogen-bond donors (Lipinski definition) is 0. The van der Waals surface area contributed by atoms with Crippen molar-refractivity contribution in [2.75, 3.05) is 6.61 Å². The van der Waals surface area contributed by atoms with Crippen molar-refractivity contribution >= 4 is 43.4 Å². The van der Waals surface area contributed by atoms with Gasteiger partial charge in [0.25, 0.3) is 0 Å². The molecule has 0 saturated heterocycles. The summed E-state index contributed by atoms with van der Waals surface area (Å²) >= 11 is 0. The molecule has 4 aromatic carbocycles. The van der Waals surface area contributed by atoms with Gasteiger partial charge in [0.2, 0.25) is 0 Å². The van der Waals surface area contributed by atoms with E-state index < -0.39 is 10.1 Å². The minimum absolute atomic E-state index is 0.0416. The van der Waals surface area contributed by atoms with E-state index in [-0.39, 0.29) is 10.7 Å². The fourth-order valence-corrected chi connectivity index (χ4v) is 6.07.